The Morgan fingerprint density at radius 1 is 1.09 bits per heavy atom. The summed E-state index contributed by atoms with van der Waals surface area (Å²) in [5.74, 6) is 0.348. The summed E-state index contributed by atoms with van der Waals surface area (Å²) in [4.78, 5) is 17.9. The first kappa shape index (κ1) is 24.3. The molecule has 1 fully saturated rings. The van der Waals surface area contributed by atoms with Gasteiger partial charge in [-0.2, -0.15) is 4.31 Å². The molecule has 0 radical (unpaired) electrons. The largest absolute Gasteiger partial charge is 0.495 e. The molecule has 1 N–H and O–H groups in total. The molecule has 178 valence electrons. The number of nitrogens with one attached hydrogen (secondary N) is 1. The molecule has 0 saturated carbocycles. The van der Waals surface area contributed by atoms with E-state index < -0.39 is 15.3 Å². The molecule has 0 spiro atoms. The number of amides is 1. The second kappa shape index (κ2) is 10.6. The summed E-state index contributed by atoms with van der Waals surface area (Å²) in [6, 6.07) is 18.2. The number of carbonyl (C=O) groups excluding carboxylic acids is 1. The Morgan fingerprint density at radius 2 is 1.82 bits per heavy atom. The zero-order chi connectivity index (χ0) is 24.1. The van der Waals surface area contributed by atoms with Gasteiger partial charge in [-0.05, 0) is 55.2 Å². The molecule has 0 aliphatic carbocycles. The first-order valence-electron chi connectivity index (χ1n) is 11.0. The first-order valence-corrected chi connectivity index (χ1v) is 13.3. The van der Waals surface area contributed by atoms with E-state index in [0.717, 1.165) is 24.0 Å². The maximum absolute atomic E-state index is 13.4. The minimum Gasteiger partial charge on any atom is -0.495 e. The predicted octanol–water partition coefficient (Wildman–Crippen LogP) is 4.66. The third-order valence-corrected chi connectivity index (χ3v) is 8.69. The summed E-state index contributed by atoms with van der Waals surface area (Å²) in [5, 5.41) is 2.94. The second-order valence-electron chi connectivity index (χ2n) is 8.04. The number of benzene rings is 2. The lowest BCUT2D eigenvalue weighted by Gasteiger charge is -2.19. The number of nitrogens with zero attached hydrogens (tertiary/aromatic N) is 2. The van der Waals surface area contributed by atoms with E-state index in [1.807, 2.05) is 55.5 Å². The van der Waals surface area contributed by atoms with Gasteiger partial charge in [0.25, 0.3) is 0 Å². The van der Waals surface area contributed by atoms with Gasteiger partial charge in [0.1, 0.15) is 15.9 Å². The van der Waals surface area contributed by atoms with Crippen LogP contribution in [0.15, 0.2) is 76.8 Å². The average molecular weight is 498 g/mol. The highest BCUT2D eigenvalue weighted by molar-refractivity contribution is 8.00. The Labute approximate surface area is 204 Å². The highest BCUT2D eigenvalue weighted by Crippen LogP contribution is 2.37. The van der Waals surface area contributed by atoms with Crippen molar-refractivity contribution in [2.45, 2.75) is 34.9 Å². The summed E-state index contributed by atoms with van der Waals surface area (Å²) in [6.45, 7) is 3.02. The van der Waals surface area contributed by atoms with Crippen LogP contribution in [0.2, 0.25) is 0 Å². The van der Waals surface area contributed by atoms with Gasteiger partial charge in [-0.15, -0.1) is 0 Å². The van der Waals surface area contributed by atoms with Gasteiger partial charge in [-0.1, -0.05) is 48.2 Å². The van der Waals surface area contributed by atoms with Crippen molar-refractivity contribution in [1.29, 1.82) is 0 Å². The summed E-state index contributed by atoms with van der Waals surface area (Å²) >= 11 is 1.27. The number of carbonyl (C=O) groups is 1. The van der Waals surface area contributed by atoms with Gasteiger partial charge in [0.2, 0.25) is 15.9 Å². The molecule has 1 atom stereocenters. The minimum atomic E-state index is -3.54. The van der Waals surface area contributed by atoms with Crippen LogP contribution in [0.1, 0.15) is 29.2 Å². The van der Waals surface area contributed by atoms with Gasteiger partial charge in [0.15, 0.2) is 0 Å². The molecule has 0 bridgehead atoms. The molecule has 2 aromatic carbocycles. The van der Waals surface area contributed by atoms with Crippen molar-refractivity contribution < 1.29 is 17.9 Å². The summed E-state index contributed by atoms with van der Waals surface area (Å²) in [7, 11) is -1.98. The van der Waals surface area contributed by atoms with Gasteiger partial charge in [0.05, 0.1) is 17.8 Å². The molecule has 7 nitrogen and oxygen atoms in total. The highest BCUT2D eigenvalue weighted by Gasteiger charge is 2.28. The fraction of sp³-hybridized carbons (Fsp3) is 0.280. The second-order valence-corrected chi connectivity index (χ2v) is 11.1. The van der Waals surface area contributed by atoms with Gasteiger partial charge >= 0.3 is 0 Å². The van der Waals surface area contributed by atoms with Gasteiger partial charge in [0, 0.05) is 19.3 Å². The molecule has 0 unspecified atom stereocenters. The number of pyridine rings is 1. The van der Waals surface area contributed by atoms with E-state index >= 15 is 0 Å². The minimum absolute atomic E-state index is 0.170. The van der Waals surface area contributed by atoms with Crippen molar-refractivity contribution in [1.82, 2.24) is 9.29 Å². The molecule has 2 heterocycles. The van der Waals surface area contributed by atoms with E-state index in [-0.39, 0.29) is 10.8 Å². The number of aromatic nitrogens is 1. The van der Waals surface area contributed by atoms with E-state index in [0.29, 0.717) is 29.6 Å². The van der Waals surface area contributed by atoms with Crippen LogP contribution in [0, 0.1) is 6.92 Å². The van der Waals surface area contributed by atoms with Gasteiger partial charge in [-0.25, -0.2) is 13.4 Å². The SMILES string of the molecule is COc1ccc(C)cc1NC(=O)[C@@H](Sc1ccc(S(=O)(=O)N2CCCC2)cn1)c1ccccc1. The first-order chi connectivity index (χ1) is 16.4. The normalized spacial score (nSPS) is 15.1. The van der Waals surface area contributed by atoms with Crippen LogP contribution in [0.3, 0.4) is 0 Å². The highest BCUT2D eigenvalue weighted by atomic mass is 32.2. The van der Waals surface area contributed by atoms with Crippen LogP contribution in [0.5, 0.6) is 5.75 Å². The smallest absolute Gasteiger partial charge is 0.244 e. The molecule has 1 amide bonds. The van der Waals surface area contributed by atoms with Crippen LogP contribution in [-0.4, -0.2) is 43.8 Å². The lowest BCUT2D eigenvalue weighted by atomic mass is 10.1. The summed E-state index contributed by atoms with van der Waals surface area (Å²) in [6.07, 6.45) is 3.12. The summed E-state index contributed by atoms with van der Waals surface area (Å²) in [5.41, 5.74) is 2.40. The van der Waals surface area contributed by atoms with Crippen LogP contribution in [0.25, 0.3) is 0 Å². The van der Waals surface area contributed by atoms with Crippen molar-refractivity contribution in [2.75, 3.05) is 25.5 Å². The third-order valence-electron chi connectivity index (χ3n) is 5.60. The van der Waals surface area contributed by atoms with Crippen molar-refractivity contribution in [2.24, 2.45) is 0 Å². The molecule has 4 rings (SSSR count). The lowest BCUT2D eigenvalue weighted by Crippen LogP contribution is -2.27. The van der Waals surface area contributed by atoms with Crippen molar-refractivity contribution in [3.63, 3.8) is 0 Å². The van der Waals surface area contributed by atoms with Crippen molar-refractivity contribution in [3.8, 4) is 5.75 Å². The molecule has 1 aromatic heterocycles. The number of hydrogen-bond acceptors (Lipinski definition) is 6. The Hall–Kier alpha value is -2.88. The zero-order valence-corrected chi connectivity index (χ0v) is 20.7. The lowest BCUT2D eigenvalue weighted by molar-refractivity contribution is -0.115. The number of thioether (sulfide) groups is 1. The predicted molar refractivity (Wildman–Crippen MR) is 134 cm³/mol. The van der Waals surface area contributed by atoms with Crippen LogP contribution >= 0.6 is 11.8 Å². The number of methoxy groups -OCH3 is 1. The number of hydrogen-bond donors (Lipinski definition) is 1. The molecular weight excluding hydrogens is 470 g/mol. The monoisotopic (exact) mass is 497 g/mol. The summed E-state index contributed by atoms with van der Waals surface area (Å²) < 4.78 is 32.5. The number of anilines is 1. The quantitative estimate of drug-likeness (QED) is 0.456. The van der Waals surface area contributed by atoms with Gasteiger partial charge in [-0.3, -0.25) is 4.79 Å². The fourth-order valence-electron chi connectivity index (χ4n) is 3.81. The van der Waals surface area contributed by atoms with E-state index in [4.69, 9.17) is 4.74 Å². The number of ether oxygens (including phenoxy) is 1. The van der Waals surface area contributed by atoms with Crippen LogP contribution in [0.4, 0.5) is 5.69 Å². The topological polar surface area (TPSA) is 88.6 Å². The third kappa shape index (κ3) is 5.43. The maximum Gasteiger partial charge on any atom is 0.244 e. The molecule has 1 aliphatic rings. The van der Waals surface area contributed by atoms with Crippen molar-refractivity contribution >= 4 is 33.4 Å². The molecule has 3 aromatic rings. The van der Waals surface area contributed by atoms with Gasteiger partial charge < -0.3 is 10.1 Å². The van der Waals surface area contributed by atoms with E-state index in [1.165, 1.54) is 22.3 Å². The number of sulfonamides is 1. The maximum atomic E-state index is 13.4. The van der Waals surface area contributed by atoms with Crippen LogP contribution < -0.4 is 10.1 Å². The molecule has 9 heteroatoms. The van der Waals surface area contributed by atoms with E-state index in [9.17, 15) is 13.2 Å². The molecular formula is C25H27N3O4S2. The Bertz CT molecular complexity index is 1240. The van der Waals surface area contributed by atoms with E-state index in [2.05, 4.69) is 10.3 Å². The van der Waals surface area contributed by atoms with E-state index in [1.54, 1.807) is 19.2 Å². The van der Waals surface area contributed by atoms with Crippen molar-refractivity contribution in [3.05, 3.63) is 78.0 Å². The Morgan fingerprint density at radius 3 is 2.47 bits per heavy atom. The Balaban J connectivity index is 1.58. The zero-order valence-electron chi connectivity index (χ0n) is 19.1. The molecule has 1 saturated heterocycles. The molecule has 1 aliphatic heterocycles. The fourth-order valence-corrected chi connectivity index (χ4v) is 6.23. The number of aryl methyl sites for hydroxylation is 1. The standard InChI is InChI=1S/C25H27N3O4S2/c1-18-10-12-22(32-2)21(16-18)27-25(29)24(19-8-4-3-5-9-19)33-23-13-11-20(17-26-23)34(30,31)28-14-6-7-15-28/h3-5,8-13,16-17,24H,6-7,14-15H2,1-2H3,(H,27,29)/t24-/m0/s1. The molecule has 34 heavy (non-hydrogen) atoms. The van der Waals surface area contributed by atoms with Crippen LogP contribution in [-0.2, 0) is 14.8 Å². The Kier molecular flexibility index (Phi) is 7.55. The average Bonchev–Trinajstić information content (AvgIpc) is 3.40. The number of rotatable bonds is 8.